The van der Waals surface area contributed by atoms with E-state index in [0.717, 1.165) is 37.9 Å². The van der Waals surface area contributed by atoms with Gasteiger partial charge in [-0.25, -0.2) is 4.98 Å². The molecule has 0 amide bonds. The predicted octanol–water partition coefficient (Wildman–Crippen LogP) is 5.64. The molecule has 0 saturated carbocycles. The first-order chi connectivity index (χ1) is 10.1. The van der Waals surface area contributed by atoms with Crippen LogP contribution >= 0.6 is 43.5 Å². The van der Waals surface area contributed by atoms with Gasteiger partial charge in [-0.05, 0) is 42.8 Å². The number of fused-ring (bicyclic) bond motifs is 1. The largest absolute Gasteiger partial charge is 0.296 e. The highest BCUT2D eigenvalue weighted by atomic mass is 79.9. The van der Waals surface area contributed by atoms with Crippen molar-refractivity contribution in [2.45, 2.75) is 13.3 Å². The van der Waals surface area contributed by atoms with Crippen molar-refractivity contribution in [3.63, 3.8) is 0 Å². The number of benzene rings is 2. The quantitative estimate of drug-likeness (QED) is 0.494. The van der Waals surface area contributed by atoms with Crippen LogP contribution in [0, 0.1) is 6.92 Å². The molecule has 0 spiro atoms. The molecular weight excluding hydrogens is 415 g/mol. The molecule has 108 valence electrons. The van der Waals surface area contributed by atoms with Crippen molar-refractivity contribution in [1.29, 1.82) is 0 Å². The number of alkyl halides is 1. The number of aromatic nitrogens is 2. The maximum atomic E-state index is 5.95. The fourth-order valence-electron chi connectivity index (χ4n) is 2.46. The van der Waals surface area contributed by atoms with E-state index in [1.165, 1.54) is 5.56 Å². The van der Waals surface area contributed by atoms with Gasteiger partial charge >= 0.3 is 0 Å². The van der Waals surface area contributed by atoms with E-state index >= 15 is 0 Å². The average molecular weight is 429 g/mol. The molecule has 3 aromatic rings. The zero-order chi connectivity index (χ0) is 15.0. The highest BCUT2D eigenvalue weighted by Gasteiger charge is 2.14. The summed E-state index contributed by atoms with van der Waals surface area (Å²) in [4.78, 5) is 4.74. The molecule has 0 radical (unpaired) electrons. The molecule has 2 nitrogen and oxygen atoms in total. The molecule has 1 heterocycles. The minimum Gasteiger partial charge on any atom is -0.296 e. The van der Waals surface area contributed by atoms with E-state index in [1.807, 2.05) is 18.2 Å². The molecule has 0 bridgehead atoms. The van der Waals surface area contributed by atoms with Gasteiger partial charge < -0.3 is 0 Å². The Morgan fingerprint density at radius 3 is 2.76 bits per heavy atom. The highest BCUT2D eigenvalue weighted by Crippen LogP contribution is 2.29. The van der Waals surface area contributed by atoms with Gasteiger partial charge in [0.25, 0.3) is 0 Å². The lowest BCUT2D eigenvalue weighted by Gasteiger charge is -2.13. The van der Waals surface area contributed by atoms with E-state index in [1.54, 1.807) is 0 Å². The van der Waals surface area contributed by atoms with Crippen LogP contribution in [0.15, 0.2) is 45.3 Å². The van der Waals surface area contributed by atoms with Crippen LogP contribution in [-0.2, 0) is 6.42 Å². The molecule has 0 N–H and O–H groups in total. The molecule has 0 aliphatic rings. The Morgan fingerprint density at radius 2 is 2.00 bits per heavy atom. The third-order valence-electron chi connectivity index (χ3n) is 3.48. The molecule has 0 unspecified atom stereocenters. The molecule has 2 aromatic carbocycles. The van der Waals surface area contributed by atoms with Crippen LogP contribution in [-0.4, -0.2) is 15.4 Å². The van der Waals surface area contributed by atoms with Crippen molar-refractivity contribution in [3.8, 4) is 5.69 Å². The van der Waals surface area contributed by atoms with Crippen LogP contribution in [0.4, 0.5) is 0 Å². The molecule has 0 aliphatic heterocycles. The van der Waals surface area contributed by atoms with Crippen LogP contribution in [0.3, 0.4) is 0 Å². The number of nitrogens with zero attached hydrogens (tertiary/aromatic N) is 2. The van der Waals surface area contributed by atoms with E-state index in [0.29, 0.717) is 5.88 Å². The molecule has 3 rings (SSSR count). The van der Waals surface area contributed by atoms with Crippen LogP contribution < -0.4 is 0 Å². The number of imidazole rings is 1. The smallest absolute Gasteiger partial charge is 0.115 e. The summed E-state index contributed by atoms with van der Waals surface area (Å²) in [7, 11) is 0. The first-order valence-electron chi connectivity index (χ1n) is 6.60. The second kappa shape index (κ2) is 6.11. The Morgan fingerprint density at radius 1 is 1.19 bits per heavy atom. The molecule has 0 fully saturated rings. The van der Waals surface area contributed by atoms with Crippen molar-refractivity contribution in [2.24, 2.45) is 0 Å². The Hall–Kier alpha value is -0.840. The zero-order valence-electron chi connectivity index (χ0n) is 11.4. The summed E-state index contributed by atoms with van der Waals surface area (Å²) in [5.74, 6) is 1.54. The fraction of sp³-hybridized carbons (Fsp3) is 0.188. The van der Waals surface area contributed by atoms with Gasteiger partial charge in [-0.2, -0.15) is 0 Å². The maximum Gasteiger partial charge on any atom is 0.115 e. The maximum absolute atomic E-state index is 5.95. The molecule has 0 atom stereocenters. The van der Waals surface area contributed by atoms with Crippen LogP contribution in [0.1, 0.15) is 11.4 Å². The highest BCUT2D eigenvalue weighted by molar-refractivity contribution is 9.10. The minimum absolute atomic E-state index is 0.553. The van der Waals surface area contributed by atoms with Crippen molar-refractivity contribution in [1.82, 2.24) is 9.55 Å². The lowest BCUT2D eigenvalue weighted by Crippen LogP contribution is -2.04. The van der Waals surface area contributed by atoms with E-state index < -0.39 is 0 Å². The normalized spacial score (nSPS) is 11.2. The number of hydrogen-bond acceptors (Lipinski definition) is 1. The topological polar surface area (TPSA) is 17.8 Å². The summed E-state index contributed by atoms with van der Waals surface area (Å²) < 4.78 is 4.32. The van der Waals surface area contributed by atoms with Crippen LogP contribution in [0.2, 0.25) is 0 Å². The monoisotopic (exact) mass is 426 g/mol. The first-order valence-corrected chi connectivity index (χ1v) is 8.72. The fourth-order valence-corrected chi connectivity index (χ4v) is 3.34. The summed E-state index contributed by atoms with van der Waals surface area (Å²) in [6, 6.07) is 12.4. The van der Waals surface area contributed by atoms with Gasteiger partial charge in [0.1, 0.15) is 5.82 Å². The zero-order valence-corrected chi connectivity index (χ0v) is 15.3. The second-order valence-electron chi connectivity index (χ2n) is 4.82. The van der Waals surface area contributed by atoms with Crippen LogP contribution in [0.25, 0.3) is 16.7 Å². The molecule has 0 aliphatic carbocycles. The van der Waals surface area contributed by atoms with Crippen molar-refractivity contribution in [3.05, 3.63) is 56.7 Å². The van der Waals surface area contributed by atoms with Gasteiger partial charge in [-0.1, -0.05) is 37.9 Å². The standard InChI is InChI=1S/C16H13Br2ClN2/c1-10-12(18)3-2-4-14(10)21-15-6-5-11(17)9-13(15)20-16(21)7-8-19/h2-6,9H,7-8H2,1H3. The summed E-state index contributed by atoms with van der Waals surface area (Å²) in [5, 5.41) is 0. The Balaban J connectivity index is 2.33. The minimum atomic E-state index is 0.553. The summed E-state index contributed by atoms with van der Waals surface area (Å²) in [6.45, 7) is 2.11. The number of hydrogen-bond donors (Lipinski definition) is 0. The van der Waals surface area contributed by atoms with Crippen LogP contribution in [0.5, 0.6) is 0 Å². The lowest BCUT2D eigenvalue weighted by atomic mass is 10.2. The van der Waals surface area contributed by atoms with Gasteiger partial charge in [0.2, 0.25) is 0 Å². The van der Waals surface area contributed by atoms with Crippen molar-refractivity contribution in [2.75, 3.05) is 5.88 Å². The average Bonchev–Trinajstić information content (AvgIpc) is 2.79. The van der Waals surface area contributed by atoms with Gasteiger partial charge in [0.05, 0.1) is 16.7 Å². The SMILES string of the molecule is Cc1c(Br)cccc1-n1c(CCCl)nc2cc(Br)ccc21. The lowest BCUT2D eigenvalue weighted by molar-refractivity contribution is 0.906. The Labute approximate surface area is 145 Å². The number of rotatable bonds is 3. The predicted molar refractivity (Wildman–Crippen MR) is 95.6 cm³/mol. The third kappa shape index (κ3) is 2.77. The second-order valence-corrected chi connectivity index (χ2v) is 6.97. The van der Waals surface area contributed by atoms with E-state index in [-0.39, 0.29) is 0 Å². The molecule has 0 saturated heterocycles. The summed E-state index contributed by atoms with van der Waals surface area (Å²) in [6.07, 6.45) is 0.736. The summed E-state index contributed by atoms with van der Waals surface area (Å²) >= 11 is 13.1. The third-order valence-corrected chi connectivity index (χ3v) is 5.03. The first kappa shape index (κ1) is 15.1. The molecule has 21 heavy (non-hydrogen) atoms. The number of halogens is 3. The van der Waals surface area contributed by atoms with Crippen molar-refractivity contribution < 1.29 is 0 Å². The summed E-state index contributed by atoms with van der Waals surface area (Å²) in [5.41, 5.74) is 4.40. The Bertz CT molecular complexity index is 811. The van der Waals surface area contributed by atoms with E-state index in [4.69, 9.17) is 16.6 Å². The number of aryl methyl sites for hydroxylation is 1. The molecule has 5 heteroatoms. The van der Waals surface area contributed by atoms with Gasteiger partial charge in [-0.3, -0.25) is 4.57 Å². The van der Waals surface area contributed by atoms with E-state index in [2.05, 4.69) is 61.5 Å². The Kier molecular flexibility index (Phi) is 4.38. The van der Waals surface area contributed by atoms with E-state index in [9.17, 15) is 0 Å². The van der Waals surface area contributed by atoms with Crippen molar-refractivity contribution >= 4 is 54.5 Å². The molecule has 1 aromatic heterocycles. The van der Waals surface area contributed by atoms with Gasteiger partial charge in [0.15, 0.2) is 0 Å². The van der Waals surface area contributed by atoms with Gasteiger partial charge in [0, 0.05) is 21.2 Å². The van der Waals surface area contributed by atoms with Gasteiger partial charge in [-0.15, -0.1) is 11.6 Å². The molecular formula is C16H13Br2ClN2.